The first-order valence-electron chi connectivity index (χ1n) is 7.65. The normalized spacial score (nSPS) is 10.5. The molecule has 2 heterocycles. The van der Waals surface area contributed by atoms with Crippen LogP contribution in [0.5, 0.6) is 10.9 Å². The van der Waals surface area contributed by atoms with Gasteiger partial charge >= 0.3 is 6.01 Å². The third kappa shape index (κ3) is 3.60. The van der Waals surface area contributed by atoms with Gasteiger partial charge in [-0.2, -0.15) is 0 Å². The number of rotatable bonds is 5. The van der Waals surface area contributed by atoms with Gasteiger partial charge in [-0.1, -0.05) is 34.6 Å². The minimum Gasteiger partial charge on any atom is -0.431 e. The Morgan fingerprint density at radius 1 is 1.04 bits per heavy atom. The number of aromatic nitrogens is 3. The van der Waals surface area contributed by atoms with Gasteiger partial charge in [0.15, 0.2) is 0 Å². The van der Waals surface area contributed by atoms with Crippen LogP contribution in [0.3, 0.4) is 0 Å². The Balaban J connectivity index is 1.42. The molecule has 0 spiro atoms. The molecule has 0 fully saturated rings. The third-order valence-corrected chi connectivity index (χ3v) is 4.05. The Hall–Kier alpha value is -3.52. The van der Waals surface area contributed by atoms with Crippen LogP contribution in [0, 0.1) is 0 Å². The molecule has 26 heavy (non-hydrogen) atoms. The Bertz CT molecular complexity index is 999. The monoisotopic (exact) mass is 364 g/mol. The van der Waals surface area contributed by atoms with Crippen molar-refractivity contribution in [3.63, 3.8) is 0 Å². The zero-order valence-corrected chi connectivity index (χ0v) is 14.1. The number of amides is 1. The van der Waals surface area contributed by atoms with Crippen molar-refractivity contribution in [2.24, 2.45) is 0 Å². The van der Waals surface area contributed by atoms with Gasteiger partial charge in [-0.15, -0.1) is 5.10 Å². The number of nitrogens with one attached hydrogen (secondary N) is 1. The van der Waals surface area contributed by atoms with Crippen LogP contribution >= 0.6 is 11.3 Å². The molecule has 0 saturated carbocycles. The molecular weight excluding hydrogens is 352 g/mol. The highest BCUT2D eigenvalue weighted by Gasteiger charge is 2.13. The van der Waals surface area contributed by atoms with Crippen LogP contribution in [-0.2, 0) is 0 Å². The van der Waals surface area contributed by atoms with E-state index in [-0.39, 0.29) is 11.9 Å². The molecule has 0 bridgehead atoms. The van der Waals surface area contributed by atoms with Crippen molar-refractivity contribution in [1.29, 1.82) is 0 Å². The maximum Gasteiger partial charge on any atom is 0.322 e. The fraction of sp³-hybridized carbons (Fsp3) is 0. The number of carbonyl (C=O) groups is 1. The maximum absolute atomic E-state index is 12.3. The second-order valence-corrected chi connectivity index (χ2v) is 6.01. The molecule has 7 nitrogen and oxygen atoms in total. The van der Waals surface area contributed by atoms with Gasteiger partial charge in [0.25, 0.3) is 11.1 Å². The van der Waals surface area contributed by atoms with Crippen LogP contribution in [0.25, 0.3) is 11.5 Å². The summed E-state index contributed by atoms with van der Waals surface area (Å²) < 4.78 is 11.0. The third-order valence-electron chi connectivity index (χ3n) is 3.40. The van der Waals surface area contributed by atoms with E-state index in [9.17, 15) is 4.79 Å². The van der Waals surface area contributed by atoms with Crippen molar-refractivity contribution in [2.75, 3.05) is 5.32 Å². The molecule has 2 aromatic carbocycles. The van der Waals surface area contributed by atoms with E-state index in [4.69, 9.17) is 9.15 Å². The number of anilines is 1. The maximum atomic E-state index is 12.3. The summed E-state index contributed by atoms with van der Waals surface area (Å²) in [4.78, 5) is 16.3. The molecule has 1 N–H and O–H groups in total. The fourth-order valence-electron chi connectivity index (χ4n) is 2.18. The molecule has 4 rings (SSSR count). The molecule has 0 saturated heterocycles. The first-order chi connectivity index (χ1) is 12.8. The predicted molar refractivity (Wildman–Crippen MR) is 96.3 cm³/mol. The van der Waals surface area contributed by atoms with Crippen molar-refractivity contribution in [3.05, 3.63) is 71.7 Å². The van der Waals surface area contributed by atoms with Gasteiger partial charge in [0.1, 0.15) is 5.75 Å². The lowest BCUT2D eigenvalue weighted by atomic mass is 10.2. The van der Waals surface area contributed by atoms with Crippen LogP contribution in [-0.4, -0.2) is 21.1 Å². The standard InChI is InChI=1S/C18H12N4O3S/c23-15(12-6-8-14(9-7-12)24-18-19-10-11-26-18)20-17-22-21-16(25-17)13-4-2-1-3-5-13/h1-11H,(H,20,22,23). The first-order valence-corrected chi connectivity index (χ1v) is 8.53. The number of carbonyl (C=O) groups excluding carboxylic acids is 1. The van der Waals surface area contributed by atoms with Crippen LogP contribution in [0.15, 0.2) is 70.6 Å². The van der Waals surface area contributed by atoms with E-state index in [1.54, 1.807) is 30.5 Å². The van der Waals surface area contributed by atoms with E-state index in [1.807, 2.05) is 35.7 Å². The zero-order valence-electron chi connectivity index (χ0n) is 13.3. The quantitative estimate of drug-likeness (QED) is 0.570. The fourth-order valence-corrected chi connectivity index (χ4v) is 2.68. The van der Waals surface area contributed by atoms with Crippen LogP contribution in [0.1, 0.15) is 10.4 Å². The molecule has 1 amide bonds. The summed E-state index contributed by atoms with van der Waals surface area (Å²) in [6.45, 7) is 0. The van der Waals surface area contributed by atoms with E-state index in [0.717, 1.165) is 5.56 Å². The molecule has 4 aromatic rings. The first kappa shape index (κ1) is 16.0. The van der Waals surface area contributed by atoms with E-state index in [1.165, 1.54) is 11.3 Å². The predicted octanol–water partition coefficient (Wildman–Crippen LogP) is 4.24. The van der Waals surface area contributed by atoms with Gasteiger partial charge in [-0.25, -0.2) is 4.98 Å². The Morgan fingerprint density at radius 2 is 1.85 bits per heavy atom. The van der Waals surface area contributed by atoms with Crippen molar-refractivity contribution < 1.29 is 13.9 Å². The highest BCUT2D eigenvalue weighted by molar-refractivity contribution is 7.11. The molecule has 0 unspecified atom stereocenters. The van der Waals surface area contributed by atoms with E-state index in [2.05, 4.69) is 20.5 Å². The largest absolute Gasteiger partial charge is 0.431 e. The Labute approximate surface area is 152 Å². The molecule has 0 aliphatic rings. The minimum atomic E-state index is -0.353. The van der Waals surface area contributed by atoms with Gasteiger partial charge in [0.2, 0.25) is 5.89 Å². The van der Waals surface area contributed by atoms with E-state index >= 15 is 0 Å². The number of hydrogen-bond donors (Lipinski definition) is 1. The summed E-state index contributed by atoms with van der Waals surface area (Å²) in [5.74, 6) is 0.586. The smallest absolute Gasteiger partial charge is 0.322 e. The second-order valence-electron chi connectivity index (χ2n) is 5.16. The van der Waals surface area contributed by atoms with Crippen LogP contribution in [0.2, 0.25) is 0 Å². The summed E-state index contributed by atoms with van der Waals surface area (Å²) >= 11 is 1.39. The molecular formula is C18H12N4O3S. The van der Waals surface area contributed by atoms with Crippen molar-refractivity contribution >= 4 is 23.3 Å². The molecule has 0 aliphatic carbocycles. The van der Waals surface area contributed by atoms with Crippen molar-refractivity contribution in [1.82, 2.24) is 15.2 Å². The second kappa shape index (κ2) is 7.16. The lowest BCUT2D eigenvalue weighted by molar-refractivity contribution is 0.102. The Morgan fingerprint density at radius 3 is 2.58 bits per heavy atom. The summed E-state index contributed by atoms with van der Waals surface area (Å²) in [5, 5.41) is 12.7. The Kier molecular flexibility index (Phi) is 4.40. The van der Waals surface area contributed by atoms with Gasteiger partial charge in [-0.05, 0) is 36.4 Å². The van der Waals surface area contributed by atoms with Gasteiger partial charge < -0.3 is 9.15 Å². The summed E-state index contributed by atoms with van der Waals surface area (Å²) in [6, 6.07) is 16.0. The highest BCUT2D eigenvalue weighted by Crippen LogP contribution is 2.24. The topological polar surface area (TPSA) is 90.1 Å². The molecule has 128 valence electrons. The van der Waals surface area contributed by atoms with Gasteiger partial charge in [-0.3, -0.25) is 10.1 Å². The van der Waals surface area contributed by atoms with E-state index < -0.39 is 0 Å². The van der Waals surface area contributed by atoms with Gasteiger partial charge in [0, 0.05) is 22.7 Å². The summed E-state index contributed by atoms with van der Waals surface area (Å²) in [7, 11) is 0. The SMILES string of the molecule is O=C(Nc1nnc(-c2ccccc2)o1)c1ccc(Oc2nccs2)cc1. The minimum absolute atomic E-state index is 0.0389. The molecule has 2 aromatic heterocycles. The van der Waals surface area contributed by atoms with Crippen molar-refractivity contribution in [2.45, 2.75) is 0 Å². The average molecular weight is 364 g/mol. The molecule has 0 radical (unpaired) electrons. The summed E-state index contributed by atoms with van der Waals surface area (Å²) in [6.07, 6.45) is 1.66. The number of hydrogen-bond acceptors (Lipinski definition) is 7. The number of ether oxygens (including phenoxy) is 1. The number of benzene rings is 2. The van der Waals surface area contributed by atoms with Crippen molar-refractivity contribution in [3.8, 4) is 22.4 Å². The average Bonchev–Trinajstić information content (AvgIpc) is 3.35. The van der Waals surface area contributed by atoms with E-state index in [0.29, 0.717) is 22.4 Å². The zero-order chi connectivity index (χ0) is 17.8. The van der Waals surface area contributed by atoms with Crippen LogP contribution < -0.4 is 10.1 Å². The summed E-state index contributed by atoms with van der Waals surface area (Å²) in [5.41, 5.74) is 1.22. The lowest BCUT2D eigenvalue weighted by Gasteiger charge is -2.03. The molecule has 0 aliphatic heterocycles. The molecule has 0 atom stereocenters. The van der Waals surface area contributed by atoms with Gasteiger partial charge in [0.05, 0.1) is 0 Å². The lowest BCUT2D eigenvalue weighted by Crippen LogP contribution is -2.11. The highest BCUT2D eigenvalue weighted by atomic mass is 32.1. The number of nitrogens with zero attached hydrogens (tertiary/aromatic N) is 3. The number of thiazole rings is 1. The molecule has 8 heteroatoms. The van der Waals surface area contributed by atoms with Crippen LogP contribution in [0.4, 0.5) is 6.01 Å².